The van der Waals surface area contributed by atoms with Crippen LogP contribution in [0.3, 0.4) is 0 Å². The smallest absolute Gasteiger partial charge is 0.221 e. The average Bonchev–Trinajstić information content (AvgIpc) is 2.60. The first-order valence-corrected chi connectivity index (χ1v) is 8.95. The second-order valence-corrected chi connectivity index (χ2v) is 6.60. The van der Waals surface area contributed by atoms with Crippen molar-refractivity contribution in [2.75, 3.05) is 18.2 Å². The van der Waals surface area contributed by atoms with E-state index in [0.29, 0.717) is 18.7 Å². The Hall–Kier alpha value is -2.47. The van der Waals surface area contributed by atoms with Crippen molar-refractivity contribution in [2.45, 2.75) is 24.8 Å². The maximum atomic E-state index is 12.0. The highest BCUT2D eigenvalue weighted by Crippen LogP contribution is 2.21. The highest BCUT2D eigenvalue weighted by Gasteiger charge is 2.04. The molecule has 0 saturated carbocycles. The number of rotatable bonds is 8. The second-order valence-electron chi connectivity index (χ2n) is 5.43. The summed E-state index contributed by atoms with van der Waals surface area (Å²) in [5.74, 6) is 1.43. The predicted molar refractivity (Wildman–Crippen MR) is 101 cm³/mol. The number of hydrogen-bond donors (Lipinski definition) is 2. The molecule has 0 fully saturated rings. The summed E-state index contributed by atoms with van der Waals surface area (Å²) in [6.45, 7) is 1.91. The molecule has 6 heteroatoms. The summed E-state index contributed by atoms with van der Waals surface area (Å²) in [6, 6.07) is 15.2. The molecule has 2 N–H and O–H groups in total. The van der Waals surface area contributed by atoms with E-state index >= 15 is 0 Å². The molecule has 2 aromatic carbocycles. The zero-order valence-electron chi connectivity index (χ0n) is 14.4. The Balaban J connectivity index is 1.72. The number of anilines is 1. The number of hydrogen-bond acceptors (Lipinski definition) is 4. The Morgan fingerprint density at radius 3 is 2.56 bits per heavy atom. The van der Waals surface area contributed by atoms with E-state index in [9.17, 15) is 9.59 Å². The number of carbonyl (C=O) groups is 2. The first-order chi connectivity index (χ1) is 12.1. The first kappa shape index (κ1) is 18.9. The summed E-state index contributed by atoms with van der Waals surface area (Å²) in [4.78, 5) is 24.1. The number of thioether (sulfide) groups is 1. The van der Waals surface area contributed by atoms with Crippen LogP contribution >= 0.6 is 11.8 Å². The molecule has 25 heavy (non-hydrogen) atoms. The molecule has 132 valence electrons. The van der Waals surface area contributed by atoms with Crippen LogP contribution in [0.25, 0.3) is 0 Å². The summed E-state index contributed by atoms with van der Waals surface area (Å²) in [5, 5.41) is 5.63. The maximum absolute atomic E-state index is 12.0. The molecule has 0 heterocycles. The van der Waals surface area contributed by atoms with Crippen molar-refractivity contribution in [3.63, 3.8) is 0 Å². The Bertz CT molecular complexity index is 717. The third-order valence-electron chi connectivity index (χ3n) is 3.39. The SMILES string of the molecule is COc1ccc(SCCC(=O)NCc2cccc(NC(C)=O)c2)cc1. The van der Waals surface area contributed by atoms with Crippen molar-refractivity contribution in [3.8, 4) is 5.75 Å². The van der Waals surface area contributed by atoms with E-state index in [1.54, 1.807) is 18.9 Å². The van der Waals surface area contributed by atoms with Gasteiger partial charge in [0.1, 0.15) is 5.75 Å². The molecule has 0 spiro atoms. The van der Waals surface area contributed by atoms with Crippen LogP contribution in [-0.4, -0.2) is 24.7 Å². The fourth-order valence-electron chi connectivity index (χ4n) is 2.18. The minimum atomic E-state index is -0.114. The molecular weight excluding hydrogens is 336 g/mol. The van der Waals surface area contributed by atoms with Crippen LogP contribution in [0.5, 0.6) is 5.75 Å². The third-order valence-corrected chi connectivity index (χ3v) is 4.41. The Morgan fingerprint density at radius 1 is 1.12 bits per heavy atom. The van der Waals surface area contributed by atoms with Gasteiger partial charge in [0.05, 0.1) is 7.11 Å². The van der Waals surface area contributed by atoms with E-state index in [0.717, 1.165) is 21.9 Å². The summed E-state index contributed by atoms with van der Waals surface area (Å²) < 4.78 is 5.12. The van der Waals surface area contributed by atoms with E-state index < -0.39 is 0 Å². The molecule has 2 rings (SSSR count). The first-order valence-electron chi connectivity index (χ1n) is 7.97. The van der Waals surface area contributed by atoms with Gasteiger partial charge in [0.25, 0.3) is 0 Å². The lowest BCUT2D eigenvalue weighted by Crippen LogP contribution is -2.23. The van der Waals surface area contributed by atoms with Crippen LogP contribution in [0.15, 0.2) is 53.4 Å². The molecule has 0 saturated heterocycles. The van der Waals surface area contributed by atoms with Gasteiger partial charge in [-0.2, -0.15) is 0 Å². The fourth-order valence-corrected chi connectivity index (χ4v) is 3.04. The van der Waals surface area contributed by atoms with Crippen LogP contribution < -0.4 is 15.4 Å². The van der Waals surface area contributed by atoms with Crippen LogP contribution in [0.1, 0.15) is 18.9 Å². The zero-order valence-corrected chi connectivity index (χ0v) is 15.2. The fraction of sp³-hybridized carbons (Fsp3) is 0.263. The Labute approximate surface area is 152 Å². The van der Waals surface area contributed by atoms with Gasteiger partial charge in [-0.05, 0) is 42.0 Å². The maximum Gasteiger partial charge on any atom is 0.221 e. The number of ether oxygens (including phenoxy) is 1. The molecule has 5 nitrogen and oxygen atoms in total. The molecule has 2 aromatic rings. The van der Waals surface area contributed by atoms with E-state index in [2.05, 4.69) is 10.6 Å². The zero-order chi connectivity index (χ0) is 18.1. The number of nitrogens with one attached hydrogen (secondary N) is 2. The minimum absolute atomic E-state index is 0.00550. The van der Waals surface area contributed by atoms with Gasteiger partial charge < -0.3 is 15.4 Å². The Morgan fingerprint density at radius 2 is 1.88 bits per heavy atom. The number of carbonyl (C=O) groups excluding carboxylic acids is 2. The van der Waals surface area contributed by atoms with Gasteiger partial charge >= 0.3 is 0 Å². The highest BCUT2D eigenvalue weighted by molar-refractivity contribution is 7.99. The van der Waals surface area contributed by atoms with E-state index in [1.165, 1.54) is 6.92 Å². The number of methoxy groups -OCH3 is 1. The van der Waals surface area contributed by atoms with E-state index in [-0.39, 0.29) is 11.8 Å². The van der Waals surface area contributed by atoms with Crippen LogP contribution in [0.4, 0.5) is 5.69 Å². The molecule has 0 bridgehead atoms. The van der Waals surface area contributed by atoms with Gasteiger partial charge in [-0.15, -0.1) is 11.8 Å². The van der Waals surface area contributed by atoms with Crippen LogP contribution in [0, 0.1) is 0 Å². The summed E-state index contributed by atoms with van der Waals surface area (Å²) in [6.07, 6.45) is 0.447. The highest BCUT2D eigenvalue weighted by atomic mass is 32.2. The van der Waals surface area contributed by atoms with Crippen LogP contribution in [0.2, 0.25) is 0 Å². The van der Waals surface area contributed by atoms with Crippen molar-refractivity contribution >= 4 is 29.3 Å². The monoisotopic (exact) mass is 358 g/mol. The van der Waals surface area contributed by atoms with Gasteiger partial charge in [-0.3, -0.25) is 9.59 Å². The lowest BCUT2D eigenvalue weighted by atomic mass is 10.2. The van der Waals surface area contributed by atoms with Gasteiger partial charge in [0.2, 0.25) is 11.8 Å². The normalized spacial score (nSPS) is 10.2. The van der Waals surface area contributed by atoms with Gasteiger partial charge in [0.15, 0.2) is 0 Å². The second kappa shape index (κ2) is 9.74. The Kier molecular flexibility index (Phi) is 7.35. The molecule has 0 aliphatic heterocycles. The standard InChI is InChI=1S/C19H22N2O3S/c1-14(22)21-16-5-3-4-15(12-16)13-20-19(23)10-11-25-18-8-6-17(24-2)7-9-18/h3-9,12H,10-11,13H2,1-2H3,(H,20,23)(H,21,22). The third kappa shape index (κ3) is 6.89. The molecule has 0 radical (unpaired) electrons. The summed E-state index contributed by atoms with van der Waals surface area (Å²) >= 11 is 1.64. The van der Waals surface area contributed by atoms with E-state index in [4.69, 9.17) is 4.74 Å². The molecule has 0 atom stereocenters. The van der Waals surface area contributed by atoms with Crippen molar-refractivity contribution in [2.24, 2.45) is 0 Å². The lowest BCUT2D eigenvalue weighted by molar-refractivity contribution is -0.120. The molecule has 0 aliphatic carbocycles. The van der Waals surface area contributed by atoms with Crippen molar-refractivity contribution in [1.29, 1.82) is 0 Å². The minimum Gasteiger partial charge on any atom is -0.497 e. The average molecular weight is 358 g/mol. The molecule has 0 unspecified atom stereocenters. The molecule has 0 aromatic heterocycles. The number of amides is 2. The predicted octanol–water partition coefficient (Wildman–Crippen LogP) is 3.45. The molecule has 2 amide bonds. The molecular formula is C19H22N2O3S. The largest absolute Gasteiger partial charge is 0.497 e. The quantitative estimate of drug-likeness (QED) is 0.709. The van der Waals surface area contributed by atoms with Gasteiger partial charge in [-0.1, -0.05) is 12.1 Å². The van der Waals surface area contributed by atoms with Gasteiger partial charge in [0, 0.05) is 36.2 Å². The van der Waals surface area contributed by atoms with Crippen LogP contribution in [-0.2, 0) is 16.1 Å². The van der Waals surface area contributed by atoms with E-state index in [1.807, 2.05) is 48.5 Å². The summed E-state index contributed by atoms with van der Waals surface area (Å²) in [5.41, 5.74) is 1.68. The van der Waals surface area contributed by atoms with Crippen molar-refractivity contribution < 1.29 is 14.3 Å². The number of benzene rings is 2. The van der Waals surface area contributed by atoms with Crippen molar-refractivity contribution in [1.82, 2.24) is 5.32 Å². The van der Waals surface area contributed by atoms with Crippen molar-refractivity contribution in [3.05, 3.63) is 54.1 Å². The molecule has 0 aliphatic rings. The lowest BCUT2D eigenvalue weighted by Gasteiger charge is -2.08. The topological polar surface area (TPSA) is 67.4 Å². The van der Waals surface area contributed by atoms with Gasteiger partial charge in [-0.25, -0.2) is 0 Å². The summed E-state index contributed by atoms with van der Waals surface area (Å²) in [7, 11) is 1.64.